The number of nitrogens with one attached hydrogen (secondary N) is 1. The fourth-order valence-corrected chi connectivity index (χ4v) is 7.46. The zero-order chi connectivity index (χ0) is 33.2. The molecule has 47 heavy (non-hydrogen) atoms. The standard InChI is InChI=1S/C37H40ClN3O5S/c1-46-33-19-11-14-29(24-33)26-40(35(25-28-12-5-2-6-13-28)37(43)39-31-15-7-3-8-16-31)36(42)27-41(32-17-9-4-10-18-32)47(44,45)34-22-20-30(38)21-23-34/h2,4-6,9-14,17-24,31,35H,3,7-8,15-16,25-27H2,1H3,(H,39,43). The lowest BCUT2D eigenvalue weighted by Crippen LogP contribution is -2.55. The molecule has 4 aromatic rings. The molecule has 0 bridgehead atoms. The maximum atomic E-state index is 14.6. The molecule has 1 aliphatic carbocycles. The minimum Gasteiger partial charge on any atom is -0.497 e. The second-order valence-corrected chi connectivity index (χ2v) is 14.0. The Kier molecular flexibility index (Phi) is 11.6. The van der Waals surface area contributed by atoms with Crippen LogP contribution in [-0.4, -0.2) is 50.9 Å². The molecule has 0 heterocycles. The van der Waals surface area contributed by atoms with Gasteiger partial charge in [0.05, 0.1) is 17.7 Å². The first-order valence-electron chi connectivity index (χ1n) is 15.8. The number of para-hydroxylation sites is 1. The molecule has 2 amide bonds. The van der Waals surface area contributed by atoms with E-state index in [9.17, 15) is 18.0 Å². The van der Waals surface area contributed by atoms with Crippen LogP contribution in [0.15, 0.2) is 114 Å². The van der Waals surface area contributed by atoms with Crippen molar-refractivity contribution in [2.24, 2.45) is 0 Å². The zero-order valence-electron chi connectivity index (χ0n) is 26.4. The Morgan fingerprint density at radius 3 is 2.15 bits per heavy atom. The number of benzene rings is 4. The molecule has 1 aliphatic rings. The van der Waals surface area contributed by atoms with Crippen LogP contribution in [0.4, 0.5) is 5.69 Å². The number of rotatable bonds is 13. The maximum Gasteiger partial charge on any atom is 0.264 e. The summed E-state index contributed by atoms with van der Waals surface area (Å²) in [6, 6.07) is 30.3. The molecule has 4 aromatic carbocycles. The molecule has 1 saturated carbocycles. The van der Waals surface area contributed by atoms with Gasteiger partial charge in [0.25, 0.3) is 10.0 Å². The van der Waals surface area contributed by atoms with E-state index in [-0.39, 0.29) is 29.8 Å². The van der Waals surface area contributed by atoms with Gasteiger partial charge in [-0.05, 0) is 72.5 Å². The van der Waals surface area contributed by atoms with Gasteiger partial charge < -0.3 is 15.0 Å². The minimum absolute atomic E-state index is 0.00576. The second-order valence-electron chi connectivity index (χ2n) is 11.7. The van der Waals surface area contributed by atoms with Gasteiger partial charge in [-0.15, -0.1) is 0 Å². The topological polar surface area (TPSA) is 96.0 Å². The normalized spacial score (nSPS) is 14.2. The SMILES string of the molecule is COc1cccc(CN(C(=O)CN(c2ccccc2)S(=O)(=O)c2ccc(Cl)cc2)C(Cc2ccccc2)C(=O)NC2CCCCC2)c1. The molecule has 1 fully saturated rings. The van der Waals surface area contributed by atoms with E-state index >= 15 is 0 Å². The third kappa shape index (κ3) is 8.93. The average Bonchev–Trinajstić information content (AvgIpc) is 3.10. The number of ether oxygens (including phenoxy) is 1. The molecule has 246 valence electrons. The summed E-state index contributed by atoms with van der Waals surface area (Å²) in [6.45, 7) is -0.462. The Balaban J connectivity index is 1.56. The summed E-state index contributed by atoms with van der Waals surface area (Å²) in [6.07, 6.45) is 5.23. The van der Waals surface area contributed by atoms with Crippen LogP contribution < -0.4 is 14.4 Å². The van der Waals surface area contributed by atoms with E-state index in [2.05, 4.69) is 5.32 Å². The van der Waals surface area contributed by atoms with Gasteiger partial charge in [-0.1, -0.05) is 91.5 Å². The molecule has 10 heteroatoms. The predicted octanol–water partition coefficient (Wildman–Crippen LogP) is 6.63. The van der Waals surface area contributed by atoms with Crippen LogP contribution in [0.2, 0.25) is 5.02 Å². The van der Waals surface area contributed by atoms with Crippen molar-refractivity contribution in [1.29, 1.82) is 0 Å². The van der Waals surface area contributed by atoms with E-state index in [0.29, 0.717) is 16.5 Å². The number of methoxy groups -OCH3 is 1. The van der Waals surface area contributed by atoms with Gasteiger partial charge in [-0.2, -0.15) is 0 Å². The van der Waals surface area contributed by atoms with Gasteiger partial charge in [-0.25, -0.2) is 8.42 Å². The molecule has 0 aromatic heterocycles. The summed E-state index contributed by atoms with van der Waals surface area (Å²) >= 11 is 6.07. The van der Waals surface area contributed by atoms with Crippen molar-refractivity contribution in [2.75, 3.05) is 18.0 Å². The van der Waals surface area contributed by atoms with Crippen molar-refractivity contribution >= 4 is 39.1 Å². The first kappa shape index (κ1) is 34.0. The van der Waals surface area contributed by atoms with E-state index < -0.39 is 28.5 Å². The quantitative estimate of drug-likeness (QED) is 0.172. The second kappa shape index (κ2) is 16.0. The Morgan fingerprint density at radius 1 is 0.851 bits per heavy atom. The van der Waals surface area contributed by atoms with E-state index in [4.69, 9.17) is 16.3 Å². The van der Waals surface area contributed by atoms with Crippen LogP contribution in [0.1, 0.15) is 43.2 Å². The number of carbonyl (C=O) groups is 2. The molecular weight excluding hydrogens is 634 g/mol. The number of hydrogen-bond acceptors (Lipinski definition) is 5. The molecule has 0 spiro atoms. The first-order valence-corrected chi connectivity index (χ1v) is 17.7. The van der Waals surface area contributed by atoms with Gasteiger partial charge >= 0.3 is 0 Å². The molecule has 1 N–H and O–H groups in total. The molecule has 0 radical (unpaired) electrons. The zero-order valence-corrected chi connectivity index (χ0v) is 28.0. The minimum atomic E-state index is -4.20. The number of halogens is 1. The number of anilines is 1. The van der Waals surface area contributed by atoms with E-state index in [1.54, 1.807) is 37.4 Å². The maximum absolute atomic E-state index is 14.6. The average molecular weight is 674 g/mol. The van der Waals surface area contributed by atoms with Crippen molar-refractivity contribution < 1.29 is 22.7 Å². The summed E-state index contributed by atoms with van der Waals surface area (Å²) in [7, 11) is -2.64. The molecule has 0 aliphatic heterocycles. The lowest BCUT2D eigenvalue weighted by Gasteiger charge is -2.35. The highest BCUT2D eigenvalue weighted by molar-refractivity contribution is 7.92. The van der Waals surface area contributed by atoms with Gasteiger partial charge in [0.1, 0.15) is 18.3 Å². The van der Waals surface area contributed by atoms with E-state index in [1.165, 1.54) is 29.2 Å². The van der Waals surface area contributed by atoms with E-state index in [1.807, 2.05) is 54.6 Å². The van der Waals surface area contributed by atoms with Crippen molar-refractivity contribution in [3.05, 3.63) is 125 Å². The van der Waals surface area contributed by atoms with Crippen molar-refractivity contribution in [2.45, 2.75) is 62.0 Å². The van der Waals surface area contributed by atoms with Crippen LogP contribution in [0.25, 0.3) is 0 Å². The highest BCUT2D eigenvalue weighted by Crippen LogP contribution is 2.27. The van der Waals surface area contributed by atoms with Gasteiger partial charge in [0.2, 0.25) is 11.8 Å². The van der Waals surface area contributed by atoms with Crippen molar-refractivity contribution in [1.82, 2.24) is 10.2 Å². The van der Waals surface area contributed by atoms with Crippen LogP contribution in [0, 0.1) is 0 Å². The van der Waals surface area contributed by atoms with E-state index in [0.717, 1.165) is 47.5 Å². The third-order valence-corrected chi connectivity index (χ3v) is 10.5. The molecular formula is C37H40ClN3O5S. The summed E-state index contributed by atoms with van der Waals surface area (Å²) in [4.78, 5) is 30.3. The number of hydrogen-bond donors (Lipinski definition) is 1. The summed E-state index contributed by atoms with van der Waals surface area (Å²) < 4.78 is 34.8. The highest BCUT2D eigenvalue weighted by atomic mass is 35.5. The van der Waals surface area contributed by atoms with Gasteiger partial charge in [-0.3, -0.25) is 13.9 Å². The Bertz CT molecular complexity index is 1730. The first-order chi connectivity index (χ1) is 22.7. The molecule has 0 saturated heterocycles. The number of carbonyl (C=O) groups excluding carboxylic acids is 2. The van der Waals surface area contributed by atoms with Gasteiger partial charge in [0.15, 0.2) is 0 Å². The lowest BCUT2D eigenvalue weighted by atomic mass is 9.94. The summed E-state index contributed by atoms with van der Waals surface area (Å²) in [5.41, 5.74) is 1.95. The van der Waals surface area contributed by atoms with Crippen LogP contribution in [-0.2, 0) is 32.6 Å². The van der Waals surface area contributed by atoms with Crippen molar-refractivity contribution in [3.8, 4) is 5.75 Å². The lowest BCUT2D eigenvalue weighted by molar-refractivity contribution is -0.140. The Labute approximate surface area is 282 Å². The van der Waals surface area contributed by atoms with Crippen LogP contribution in [0.5, 0.6) is 5.75 Å². The molecule has 5 rings (SSSR count). The van der Waals surface area contributed by atoms with Crippen LogP contribution >= 0.6 is 11.6 Å². The summed E-state index contributed by atoms with van der Waals surface area (Å²) in [5, 5.41) is 3.62. The molecule has 1 atom stereocenters. The van der Waals surface area contributed by atoms with Crippen molar-refractivity contribution in [3.63, 3.8) is 0 Å². The Morgan fingerprint density at radius 2 is 1.49 bits per heavy atom. The number of amides is 2. The number of nitrogens with zero attached hydrogens (tertiary/aromatic N) is 2. The predicted molar refractivity (Wildman–Crippen MR) is 185 cm³/mol. The molecule has 1 unspecified atom stereocenters. The third-order valence-electron chi connectivity index (χ3n) is 8.43. The fraction of sp³-hybridized carbons (Fsp3) is 0.297. The van der Waals surface area contributed by atoms with Gasteiger partial charge in [0, 0.05) is 24.0 Å². The monoisotopic (exact) mass is 673 g/mol. The largest absolute Gasteiger partial charge is 0.497 e. The Hall–Kier alpha value is -4.34. The molecule has 8 nitrogen and oxygen atoms in total. The smallest absolute Gasteiger partial charge is 0.264 e. The highest BCUT2D eigenvalue weighted by Gasteiger charge is 2.35. The summed E-state index contributed by atoms with van der Waals surface area (Å²) in [5.74, 6) is -0.171. The van der Waals surface area contributed by atoms with Crippen LogP contribution in [0.3, 0.4) is 0 Å². The number of sulfonamides is 1. The fourth-order valence-electron chi connectivity index (χ4n) is 5.92.